The fourth-order valence-corrected chi connectivity index (χ4v) is 2.11. The minimum Gasteiger partial charge on any atom is -0.507 e. The molecule has 0 heterocycles. The zero-order valence-corrected chi connectivity index (χ0v) is 11.0. The topological polar surface area (TPSA) is 69.6 Å². The van der Waals surface area contributed by atoms with Gasteiger partial charge >= 0.3 is 0 Å². The SMILES string of the molecule is O=C(Nc1cc(Cl)cc(Cl)c1)c1c(O)cccc1O. The Morgan fingerprint density at radius 3 is 2.05 bits per heavy atom. The molecule has 1 amide bonds. The van der Waals surface area contributed by atoms with Crippen LogP contribution in [0.1, 0.15) is 10.4 Å². The van der Waals surface area contributed by atoms with Gasteiger partial charge in [-0.15, -0.1) is 0 Å². The summed E-state index contributed by atoms with van der Waals surface area (Å²) in [7, 11) is 0. The van der Waals surface area contributed by atoms with E-state index in [2.05, 4.69) is 5.32 Å². The van der Waals surface area contributed by atoms with Gasteiger partial charge in [0.2, 0.25) is 0 Å². The van der Waals surface area contributed by atoms with E-state index < -0.39 is 5.91 Å². The lowest BCUT2D eigenvalue weighted by molar-refractivity contribution is 0.102. The van der Waals surface area contributed by atoms with Crippen molar-refractivity contribution in [2.45, 2.75) is 0 Å². The van der Waals surface area contributed by atoms with Gasteiger partial charge in [0.15, 0.2) is 0 Å². The van der Waals surface area contributed by atoms with E-state index in [-0.39, 0.29) is 17.1 Å². The summed E-state index contributed by atoms with van der Waals surface area (Å²) in [5, 5.41) is 22.4. The number of nitrogens with one attached hydrogen (secondary N) is 1. The predicted molar refractivity (Wildman–Crippen MR) is 74.2 cm³/mol. The number of anilines is 1. The van der Waals surface area contributed by atoms with E-state index in [9.17, 15) is 15.0 Å². The molecule has 2 aromatic rings. The highest BCUT2D eigenvalue weighted by Crippen LogP contribution is 2.28. The Labute approximate surface area is 119 Å². The van der Waals surface area contributed by atoms with Gasteiger partial charge in [0, 0.05) is 15.7 Å². The van der Waals surface area contributed by atoms with Gasteiger partial charge in [-0.05, 0) is 30.3 Å². The molecule has 4 nitrogen and oxygen atoms in total. The molecule has 2 rings (SSSR count). The number of halogens is 2. The summed E-state index contributed by atoms with van der Waals surface area (Å²) in [6, 6.07) is 8.57. The second-order valence-electron chi connectivity index (χ2n) is 3.78. The number of hydrogen-bond donors (Lipinski definition) is 3. The van der Waals surface area contributed by atoms with Crippen LogP contribution in [0.3, 0.4) is 0 Å². The number of benzene rings is 2. The molecule has 0 fully saturated rings. The van der Waals surface area contributed by atoms with Crippen LogP contribution in [0.2, 0.25) is 10.0 Å². The molecule has 0 unspecified atom stereocenters. The molecule has 0 aromatic heterocycles. The van der Waals surface area contributed by atoms with Crippen LogP contribution in [-0.2, 0) is 0 Å². The molecule has 98 valence electrons. The van der Waals surface area contributed by atoms with Crippen LogP contribution in [0.25, 0.3) is 0 Å². The quantitative estimate of drug-likeness (QED) is 0.792. The zero-order valence-electron chi connectivity index (χ0n) is 9.52. The monoisotopic (exact) mass is 297 g/mol. The Balaban J connectivity index is 2.31. The third kappa shape index (κ3) is 3.10. The molecule has 6 heteroatoms. The molecule has 0 spiro atoms. The van der Waals surface area contributed by atoms with E-state index in [4.69, 9.17) is 23.2 Å². The van der Waals surface area contributed by atoms with Gasteiger partial charge in [-0.2, -0.15) is 0 Å². The highest BCUT2D eigenvalue weighted by Gasteiger charge is 2.16. The maximum Gasteiger partial charge on any atom is 0.263 e. The van der Waals surface area contributed by atoms with Crippen LogP contribution in [0.5, 0.6) is 11.5 Å². The minimum absolute atomic E-state index is 0.210. The lowest BCUT2D eigenvalue weighted by Gasteiger charge is -2.09. The van der Waals surface area contributed by atoms with E-state index in [1.54, 1.807) is 0 Å². The molecular weight excluding hydrogens is 289 g/mol. The van der Waals surface area contributed by atoms with Gasteiger partial charge in [0.25, 0.3) is 5.91 Å². The van der Waals surface area contributed by atoms with Gasteiger partial charge in [-0.1, -0.05) is 29.3 Å². The van der Waals surface area contributed by atoms with Gasteiger partial charge in [-0.25, -0.2) is 0 Å². The van der Waals surface area contributed by atoms with Crippen LogP contribution >= 0.6 is 23.2 Å². The normalized spacial score (nSPS) is 10.2. The summed E-state index contributed by atoms with van der Waals surface area (Å²) < 4.78 is 0. The smallest absolute Gasteiger partial charge is 0.263 e. The van der Waals surface area contributed by atoms with Crippen molar-refractivity contribution in [3.05, 3.63) is 52.0 Å². The summed E-state index contributed by atoms with van der Waals surface area (Å²) in [6.45, 7) is 0. The third-order valence-electron chi connectivity index (χ3n) is 2.37. The van der Waals surface area contributed by atoms with Crippen molar-refractivity contribution in [1.82, 2.24) is 0 Å². The van der Waals surface area contributed by atoms with Crippen molar-refractivity contribution < 1.29 is 15.0 Å². The highest BCUT2D eigenvalue weighted by molar-refractivity contribution is 6.35. The fraction of sp³-hybridized carbons (Fsp3) is 0. The van der Waals surface area contributed by atoms with E-state index in [0.717, 1.165) is 0 Å². The molecule has 3 N–H and O–H groups in total. The Hall–Kier alpha value is -1.91. The van der Waals surface area contributed by atoms with Gasteiger partial charge in [0.1, 0.15) is 17.1 Å². The number of amides is 1. The Morgan fingerprint density at radius 1 is 1.00 bits per heavy atom. The van der Waals surface area contributed by atoms with E-state index in [1.165, 1.54) is 36.4 Å². The largest absolute Gasteiger partial charge is 0.507 e. The first-order valence-electron chi connectivity index (χ1n) is 5.26. The molecule has 0 aliphatic carbocycles. The first kappa shape index (κ1) is 13.5. The first-order valence-corrected chi connectivity index (χ1v) is 6.01. The lowest BCUT2D eigenvalue weighted by atomic mass is 10.1. The fourth-order valence-electron chi connectivity index (χ4n) is 1.58. The van der Waals surface area contributed by atoms with Crippen molar-refractivity contribution in [3.8, 4) is 11.5 Å². The maximum absolute atomic E-state index is 12.0. The number of rotatable bonds is 2. The number of aromatic hydroxyl groups is 2. The second kappa shape index (κ2) is 5.38. The van der Waals surface area contributed by atoms with E-state index in [1.807, 2.05) is 0 Å². The van der Waals surface area contributed by atoms with Crippen LogP contribution in [-0.4, -0.2) is 16.1 Å². The molecule has 19 heavy (non-hydrogen) atoms. The Morgan fingerprint density at radius 2 is 1.53 bits per heavy atom. The number of phenolic OH excluding ortho intramolecular Hbond substituents is 2. The molecule has 2 aromatic carbocycles. The summed E-state index contributed by atoms with van der Waals surface area (Å²) in [4.78, 5) is 12.0. The van der Waals surface area contributed by atoms with Crippen molar-refractivity contribution in [2.24, 2.45) is 0 Å². The first-order chi connectivity index (χ1) is 8.97. The highest BCUT2D eigenvalue weighted by atomic mass is 35.5. The minimum atomic E-state index is -0.658. The predicted octanol–water partition coefficient (Wildman–Crippen LogP) is 3.66. The zero-order chi connectivity index (χ0) is 14.0. The van der Waals surface area contributed by atoms with E-state index in [0.29, 0.717) is 15.7 Å². The Bertz CT molecular complexity index is 603. The van der Waals surface area contributed by atoms with Gasteiger partial charge in [-0.3, -0.25) is 4.79 Å². The summed E-state index contributed by atoms with van der Waals surface area (Å²) >= 11 is 11.6. The molecule has 0 atom stereocenters. The molecule has 0 bridgehead atoms. The second-order valence-corrected chi connectivity index (χ2v) is 4.66. The van der Waals surface area contributed by atoms with Gasteiger partial charge in [0.05, 0.1) is 0 Å². The van der Waals surface area contributed by atoms with Crippen molar-refractivity contribution in [3.63, 3.8) is 0 Å². The van der Waals surface area contributed by atoms with E-state index >= 15 is 0 Å². The number of carbonyl (C=O) groups excluding carboxylic acids is 1. The summed E-state index contributed by atoms with van der Waals surface area (Å²) in [5.41, 5.74) is 0.156. The average molecular weight is 298 g/mol. The van der Waals surface area contributed by atoms with Crippen molar-refractivity contribution >= 4 is 34.8 Å². The summed E-state index contributed by atoms with van der Waals surface area (Å²) in [6.07, 6.45) is 0. The Kier molecular flexibility index (Phi) is 3.83. The van der Waals surface area contributed by atoms with Gasteiger partial charge < -0.3 is 15.5 Å². The van der Waals surface area contributed by atoms with Crippen LogP contribution in [0, 0.1) is 0 Å². The molecular formula is C13H9Cl2NO3. The average Bonchev–Trinajstić information content (AvgIpc) is 2.26. The third-order valence-corrected chi connectivity index (χ3v) is 2.80. The lowest BCUT2D eigenvalue weighted by Crippen LogP contribution is -2.12. The molecule has 0 saturated heterocycles. The maximum atomic E-state index is 12.0. The molecule has 0 saturated carbocycles. The van der Waals surface area contributed by atoms with Crippen molar-refractivity contribution in [2.75, 3.05) is 5.32 Å². The molecule has 0 radical (unpaired) electrons. The standard InChI is InChI=1S/C13H9Cl2NO3/c14-7-4-8(15)6-9(5-7)16-13(19)12-10(17)2-1-3-11(12)18/h1-6,17-18H,(H,16,19). The van der Waals surface area contributed by atoms with Crippen LogP contribution in [0.4, 0.5) is 5.69 Å². The number of carbonyl (C=O) groups is 1. The molecule has 0 aliphatic heterocycles. The number of phenols is 2. The van der Waals surface area contributed by atoms with Crippen LogP contribution < -0.4 is 5.32 Å². The number of hydrogen-bond acceptors (Lipinski definition) is 3. The molecule has 0 aliphatic rings. The summed E-state index contributed by atoms with van der Waals surface area (Å²) in [5.74, 6) is -1.29. The van der Waals surface area contributed by atoms with Crippen molar-refractivity contribution in [1.29, 1.82) is 0 Å². The van der Waals surface area contributed by atoms with Crippen LogP contribution in [0.15, 0.2) is 36.4 Å².